The molecule has 1 fully saturated rings. The number of hydrogen-bond donors (Lipinski definition) is 0. The number of carbonyl (C=O) groups excluding carboxylic acids is 2. The lowest BCUT2D eigenvalue weighted by molar-refractivity contribution is -0.394. The third kappa shape index (κ3) is 9.73. The van der Waals surface area contributed by atoms with Gasteiger partial charge in [0.05, 0.1) is 49.9 Å². The van der Waals surface area contributed by atoms with Crippen LogP contribution in [-0.2, 0) is 24.0 Å². The third-order valence-corrected chi connectivity index (χ3v) is 10.8. The van der Waals surface area contributed by atoms with Gasteiger partial charge < -0.3 is 14.2 Å². The Morgan fingerprint density at radius 1 is 0.843 bits per heavy atom. The van der Waals surface area contributed by atoms with Crippen molar-refractivity contribution in [2.75, 3.05) is 5.75 Å². The van der Waals surface area contributed by atoms with E-state index in [2.05, 4.69) is 13.2 Å². The number of carbonyl (C=O) groups is 2. The van der Waals surface area contributed by atoms with Crippen LogP contribution in [0, 0.1) is 32.1 Å². The van der Waals surface area contributed by atoms with Gasteiger partial charge in [-0.2, -0.15) is 0 Å². The molecule has 0 N–H and O–H groups in total. The topological polar surface area (TPSA) is 182 Å². The van der Waals surface area contributed by atoms with Crippen molar-refractivity contribution in [2.24, 2.45) is 11.8 Å². The van der Waals surface area contributed by atoms with E-state index in [-0.39, 0.29) is 35.0 Å². The summed E-state index contributed by atoms with van der Waals surface area (Å²) in [6.07, 6.45) is -2.44. The van der Waals surface area contributed by atoms with Gasteiger partial charge in [-0.25, -0.2) is 18.0 Å². The largest absolute Gasteiger partial charge is 0.459 e. The van der Waals surface area contributed by atoms with Gasteiger partial charge in [-0.1, -0.05) is 69.0 Å². The van der Waals surface area contributed by atoms with Gasteiger partial charge in [0.15, 0.2) is 9.84 Å². The number of nitro groups is 2. The van der Waals surface area contributed by atoms with Crippen LogP contribution >= 0.6 is 0 Å². The summed E-state index contributed by atoms with van der Waals surface area (Å²) in [4.78, 5) is 47.6. The van der Waals surface area contributed by atoms with Gasteiger partial charge in [0, 0.05) is 30.9 Å². The van der Waals surface area contributed by atoms with Crippen molar-refractivity contribution < 1.29 is 42.1 Å². The predicted octanol–water partition coefficient (Wildman–Crippen LogP) is 7.07. The van der Waals surface area contributed by atoms with Crippen molar-refractivity contribution in [1.82, 2.24) is 0 Å². The van der Waals surface area contributed by atoms with Crippen LogP contribution < -0.4 is 0 Å². The number of esters is 2. The molecule has 270 valence electrons. The Morgan fingerprint density at radius 2 is 1.39 bits per heavy atom. The van der Waals surface area contributed by atoms with Gasteiger partial charge in [0.2, 0.25) is 0 Å². The first-order valence-electron chi connectivity index (χ1n) is 16.3. The van der Waals surface area contributed by atoms with E-state index < -0.39 is 78.9 Å². The second-order valence-electron chi connectivity index (χ2n) is 12.6. The maximum absolute atomic E-state index is 13.7. The minimum Gasteiger partial charge on any atom is -0.459 e. The SMILES string of the molecule is C=C(C)C(=C)[C@@H](C[C@@H]1O[C@H](C[C@@H](CC)OC(=O)c2ccccc2)[C@H](C)[C@H]1CS(=O)(=O)c1ccccc1)OC(=O)c1cc([N+](=O)[O-])cc([N+](=O)[O-])c1. The molecule has 1 aliphatic rings. The van der Waals surface area contributed by atoms with E-state index in [1.165, 1.54) is 12.1 Å². The standard InChI is InChI=1S/C37H40N2O11S/c1-6-30(48-36(40)26-13-9-7-10-14-26)20-33-25(5)32(22-51(46,47)31-15-11-8-12-16-31)35(49-33)21-34(24(4)23(2)3)50-37(41)27-17-28(38(42)43)19-29(18-27)39(44)45/h7-19,25,30,32-35H,2,4,6,20-22H2,1,3,5H3/t25-,30-,32-,33-,34-,35+/m1/s1. The van der Waals surface area contributed by atoms with Crippen LogP contribution in [0.5, 0.6) is 0 Å². The maximum Gasteiger partial charge on any atom is 0.339 e. The van der Waals surface area contributed by atoms with E-state index in [9.17, 15) is 38.2 Å². The lowest BCUT2D eigenvalue weighted by atomic mass is 9.85. The molecule has 1 saturated heterocycles. The lowest BCUT2D eigenvalue weighted by Crippen LogP contribution is -2.33. The van der Waals surface area contributed by atoms with Crippen molar-refractivity contribution in [1.29, 1.82) is 0 Å². The Morgan fingerprint density at radius 3 is 1.92 bits per heavy atom. The number of hydrogen-bond acceptors (Lipinski definition) is 11. The fourth-order valence-electron chi connectivity index (χ4n) is 6.02. The van der Waals surface area contributed by atoms with Crippen LogP contribution in [0.25, 0.3) is 0 Å². The Balaban J connectivity index is 1.65. The zero-order valence-electron chi connectivity index (χ0n) is 28.5. The van der Waals surface area contributed by atoms with Crippen LogP contribution in [0.1, 0.15) is 60.7 Å². The number of ether oxygens (including phenoxy) is 3. The molecular formula is C37H40N2O11S. The average molecular weight is 721 g/mol. The maximum atomic E-state index is 13.7. The van der Waals surface area contributed by atoms with Crippen molar-refractivity contribution in [3.05, 3.63) is 135 Å². The van der Waals surface area contributed by atoms with Gasteiger partial charge in [-0.3, -0.25) is 20.2 Å². The highest BCUT2D eigenvalue weighted by molar-refractivity contribution is 7.91. The monoisotopic (exact) mass is 720 g/mol. The zero-order valence-corrected chi connectivity index (χ0v) is 29.3. The van der Waals surface area contributed by atoms with Crippen LogP contribution in [0.2, 0.25) is 0 Å². The molecule has 1 heterocycles. The molecule has 0 unspecified atom stereocenters. The fraction of sp³-hybridized carbons (Fsp3) is 0.351. The molecule has 0 aliphatic carbocycles. The van der Waals surface area contributed by atoms with Crippen LogP contribution in [0.4, 0.5) is 11.4 Å². The van der Waals surface area contributed by atoms with Crippen LogP contribution in [0.15, 0.2) is 108 Å². The summed E-state index contributed by atoms with van der Waals surface area (Å²) in [7, 11) is -3.83. The highest BCUT2D eigenvalue weighted by Crippen LogP contribution is 2.41. The second kappa shape index (κ2) is 16.7. The first-order chi connectivity index (χ1) is 24.1. The number of rotatable bonds is 16. The molecule has 51 heavy (non-hydrogen) atoms. The molecule has 3 aromatic rings. The number of nitro benzene ring substituents is 2. The average Bonchev–Trinajstić information content (AvgIpc) is 3.39. The first-order valence-corrected chi connectivity index (χ1v) is 17.9. The first kappa shape index (κ1) is 38.6. The molecule has 13 nitrogen and oxygen atoms in total. The Labute approximate surface area is 296 Å². The molecular weight excluding hydrogens is 680 g/mol. The van der Waals surface area contributed by atoms with Crippen molar-refractivity contribution >= 4 is 33.2 Å². The van der Waals surface area contributed by atoms with Crippen molar-refractivity contribution in [2.45, 2.75) is 69.3 Å². The molecule has 0 spiro atoms. The number of non-ortho nitro benzene ring substituents is 2. The summed E-state index contributed by atoms with van der Waals surface area (Å²) in [6.45, 7) is 13.3. The Kier molecular flexibility index (Phi) is 12.6. The highest BCUT2D eigenvalue weighted by atomic mass is 32.2. The fourth-order valence-corrected chi connectivity index (χ4v) is 7.81. The van der Waals surface area contributed by atoms with Gasteiger partial charge in [-0.05, 0) is 49.1 Å². The summed E-state index contributed by atoms with van der Waals surface area (Å²) in [6, 6.07) is 19.0. The summed E-state index contributed by atoms with van der Waals surface area (Å²) in [5.74, 6) is -2.90. The lowest BCUT2D eigenvalue weighted by Gasteiger charge is -2.27. The molecule has 0 bridgehead atoms. The Hall–Kier alpha value is -5.21. The minimum atomic E-state index is -3.83. The number of nitrogens with zero attached hydrogens (tertiary/aromatic N) is 2. The minimum absolute atomic E-state index is 0.0785. The summed E-state index contributed by atoms with van der Waals surface area (Å²) in [5.41, 5.74) is -0.677. The summed E-state index contributed by atoms with van der Waals surface area (Å²) in [5, 5.41) is 22.9. The number of sulfone groups is 1. The Bertz CT molecular complexity index is 1870. The second-order valence-corrected chi connectivity index (χ2v) is 14.6. The molecule has 14 heteroatoms. The van der Waals surface area contributed by atoms with Crippen molar-refractivity contribution in [3.63, 3.8) is 0 Å². The van der Waals surface area contributed by atoms with Gasteiger partial charge in [0.25, 0.3) is 11.4 Å². The molecule has 1 aliphatic heterocycles. The van der Waals surface area contributed by atoms with Gasteiger partial charge >= 0.3 is 11.9 Å². The van der Waals surface area contributed by atoms with E-state index in [0.29, 0.717) is 17.6 Å². The normalized spacial score (nSPS) is 19.7. The molecule has 6 atom stereocenters. The van der Waals surface area contributed by atoms with E-state index >= 15 is 0 Å². The predicted molar refractivity (Wildman–Crippen MR) is 188 cm³/mol. The highest BCUT2D eigenvalue weighted by Gasteiger charge is 2.46. The van der Waals surface area contributed by atoms with E-state index in [1.54, 1.807) is 55.5 Å². The summed E-state index contributed by atoms with van der Waals surface area (Å²) >= 11 is 0. The third-order valence-electron chi connectivity index (χ3n) is 9.03. The molecule has 0 amide bonds. The molecule has 0 radical (unpaired) electrons. The quantitative estimate of drug-likeness (QED) is 0.0638. The van der Waals surface area contributed by atoms with Crippen molar-refractivity contribution in [3.8, 4) is 0 Å². The summed E-state index contributed by atoms with van der Waals surface area (Å²) < 4.78 is 45.5. The van der Waals surface area contributed by atoms with E-state index in [4.69, 9.17) is 14.2 Å². The van der Waals surface area contributed by atoms with Crippen LogP contribution in [-0.4, -0.2) is 60.4 Å². The van der Waals surface area contributed by atoms with E-state index in [1.807, 2.05) is 13.8 Å². The molecule has 0 saturated carbocycles. The van der Waals surface area contributed by atoms with E-state index in [0.717, 1.165) is 18.2 Å². The number of benzene rings is 3. The smallest absolute Gasteiger partial charge is 0.339 e. The van der Waals surface area contributed by atoms with Crippen LogP contribution in [0.3, 0.4) is 0 Å². The van der Waals surface area contributed by atoms with Gasteiger partial charge in [0.1, 0.15) is 12.2 Å². The molecule has 4 rings (SSSR count). The zero-order chi connectivity index (χ0) is 37.5. The molecule has 0 aromatic heterocycles. The van der Waals surface area contributed by atoms with Gasteiger partial charge in [-0.15, -0.1) is 0 Å². The molecule has 3 aromatic carbocycles.